The van der Waals surface area contributed by atoms with Crippen LogP contribution in [0.2, 0.25) is 0 Å². The number of hydrogen-bond acceptors (Lipinski definition) is 2. The predicted octanol–water partition coefficient (Wildman–Crippen LogP) is 26.3. The lowest BCUT2D eigenvalue weighted by Crippen LogP contribution is -2.05. The summed E-state index contributed by atoms with van der Waals surface area (Å²) < 4.78 is 5.54. The normalized spacial score (nSPS) is 11.6. The van der Waals surface area contributed by atoms with Crippen molar-refractivity contribution in [3.05, 3.63) is 0 Å². The van der Waals surface area contributed by atoms with Crippen molar-refractivity contribution in [2.24, 2.45) is 0 Å². The van der Waals surface area contributed by atoms with Crippen molar-refractivity contribution >= 4 is 5.97 Å². The van der Waals surface area contributed by atoms with Crippen LogP contribution in [-0.2, 0) is 9.53 Å². The molecule has 2 nitrogen and oxygen atoms in total. The smallest absolute Gasteiger partial charge is 0.305 e. The number of rotatable bonds is 67. The van der Waals surface area contributed by atoms with Crippen LogP contribution in [0.3, 0.4) is 0 Å². The molecule has 0 spiro atoms. The summed E-state index contributed by atoms with van der Waals surface area (Å²) in [5.41, 5.74) is 0. The number of ether oxygens (including phenoxy) is 1. The van der Waals surface area contributed by atoms with Crippen molar-refractivity contribution in [2.75, 3.05) is 6.61 Å². The second-order valence-electron chi connectivity index (χ2n) is 24.2. The number of carbonyl (C=O) groups excluding carboxylic acids is 1. The fourth-order valence-electron chi connectivity index (χ4n) is 11.6. The summed E-state index contributed by atoms with van der Waals surface area (Å²) in [4.78, 5) is 12.2. The van der Waals surface area contributed by atoms with Gasteiger partial charge in [-0.15, -0.1) is 0 Å². The molecule has 0 aromatic rings. The molecule has 0 aliphatic rings. The van der Waals surface area contributed by atoms with Crippen molar-refractivity contribution in [3.63, 3.8) is 0 Å². The highest BCUT2D eigenvalue weighted by molar-refractivity contribution is 5.69. The lowest BCUT2D eigenvalue weighted by molar-refractivity contribution is -0.143. The van der Waals surface area contributed by atoms with E-state index in [0.717, 1.165) is 12.8 Å². The van der Waals surface area contributed by atoms with Crippen LogP contribution < -0.4 is 0 Å². The van der Waals surface area contributed by atoms with Crippen LogP contribution in [0.25, 0.3) is 0 Å². The highest BCUT2D eigenvalue weighted by Gasteiger charge is 2.04. The van der Waals surface area contributed by atoms with E-state index in [2.05, 4.69) is 13.8 Å². The minimum atomic E-state index is 0.0383. The minimum Gasteiger partial charge on any atom is -0.466 e. The average molecular weight is 1010 g/mol. The van der Waals surface area contributed by atoms with Gasteiger partial charge in [-0.05, 0) is 12.8 Å². The Morgan fingerprint density at radius 3 is 0.458 bits per heavy atom. The van der Waals surface area contributed by atoms with Gasteiger partial charge < -0.3 is 4.74 Å². The molecular weight excluding hydrogens is 873 g/mol. The molecule has 0 rings (SSSR count). The quantitative estimate of drug-likeness (QED) is 0.0448. The highest BCUT2D eigenvalue weighted by Crippen LogP contribution is 2.20. The number of carbonyl (C=O) groups is 1. The van der Waals surface area contributed by atoms with Crippen molar-refractivity contribution in [2.45, 2.75) is 438 Å². The molecule has 2 heteroatoms. The van der Waals surface area contributed by atoms with E-state index in [1.165, 1.54) is 405 Å². The average Bonchev–Trinajstić information content (AvgIpc) is 3.39. The van der Waals surface area contributed by atoms with Gasteiger partial charge in [0.1, 0.15) is 0 Å². The standard InChI is InChI=1S/C70H140O2/c1-3-5-7-9-11-13-15-17-19-21-23-25-27-29-31-33-34-35-36-37-38-39-40-41-42-44-46-48-50-52-54-56-58-60-62-64-66-68-70(71)72-69-67-65-63-61-59-57-55-53-51-49-47-45-43-32-30-28-26-24-22-20-18-16-14-12-10-8-6-4-2/h3-69H2,1-2H3. The zero-order chi connectivity index (χ0) is 51.7. The second-order valence-corrected chi connectivity index (χ2v) is 24.2. The van der Waals surface area contributed by atoms with Gasteiger partial charge in [-0.3, -0.25) is 4.79 Å². The van der Waals surface area contributed by atoms with E-state index in [1.807, 2.05) is 0 Å². The lowest BCUT2D eigenvalue weighted by atomic mass is 10.0. The summed E-state index contributed by atoms with van der Waals surface area (Å²) in [6.45, 7) is 5.26. The molecule has 0 aromatic heterocycles. The van der Waals surface area contributed by atoms with Crippen molar-refractivity contribution in [1.29, 1.82) is 0 Å². The molecule has 0 unspecified atom stereocenters. The van der Waals surface area contributed by atoms with E-state index in [1.54, 1.807) is 0 Å². The summed E-state index contributed by atoms with van der Waals surface area (Å²) in [5, 5.41) is 0. The Bertz CT molecular complexity index is 928. The maximum atomic E-state index is 12.2. The van der Waals surface area contributed by atoms with Gasteiger partial charge in [0.2, 0.25) is 0 Å². The third-order valence-corrected chi connectivity index (χ3v) is 16.7. The molecule has 0 radical (unpaired) electrons. The molecule has 0 saturated carbocycles. The summed E-state index contributed by atoms with van der Waals surface area (Å²) in [6.07, 6.45) is 93.7. The minimum absolute atomic E-state index is 0.0383. The molecule has 0 bridgehead atoms. The summed E-state index contributed by atoms with van der Waals surface area (Å²) in [5.74, 6) is 0.0383. The first kappa shape index (κ1) is 71.5. The Morgan fingerprint density at radius 1 is 0.181 bits per heavy atom. The van der Waals surface area contributed by atoms with Crippen LogP contribution in [0.5, 0.6) is 0 Å². The number of hydrogen-bond donors (Lipinski definition) is 0. The van der Waals surface area contributed by atoms with E-state index in [4.69, 9.17) is 4.74 Å². The molecule has 0 saturated heterocycles. The van der Waals surface area contributed by atoms with Crippen LogP contribution in [-0.4, -0.2) is 12.6 Å². The van der Waals surface area contributed by atoms with Crippen LogP contribution in [0.1, 0.15) is 438 Å². The van der Waals surface area contributed by atoms with Crippen LogP contribution in [0, 0.1) is 0 Å². The van der Waals surface area contributed by atoms with E-state index < -0.39 is 0 Å². The molecule has 72 heavy (non-hydrogen) atoms. The van der Waals surface area contributed by atoms with E-state index in [-0.39, 0.29) is 5.97 Å². The van der Waals surface area contributed by atoms with Gasteiger partial charge in [0.05, 0.1) is 6.61 Å². The fourth-order valence-corrected chi connectivity index (χ4v) is 11.6. The van der Waals surface area contributed by atoms with E-state index in [0.29, 0.717) is 13.0 Å². The first-order valence-corrected chi connectivity index (χ1v) is 35.0. The van der Waals surface area contributed by atoms with Gasteiger partial charge in [0.15, 0.2) is 0 Å². The van der Waals surface area contributed by atoms with Crippen molar-refractivity contribution in [1.82, 2.24) is 0 Å². The SMILES string of the molecule is CCCCCCCCCCCCCCCCCCCCCCCCCCCCCCCCCCCCCCCC(=O)OCCCCCCCCCCCCCCCCCCCCCCCCCCCCCC. The molecule has 0 N–H and O–H groups in total. The third kappa shape index (κ3) is 67.5. The summed E-state index contributed by atoms with van der Waals surface area (Å²) in [6, 6.07) is 0. The second kappa shape index (κ2) is 68.5. The van der Waals surface area contributed by atoms with Gasteiger partial charge >= 0.3 is 5.97 Å². The number of esters is 1. The molecular formula is C70H140O2. The zero-order valence-corrected chi connectivity index (χ0v) is 50.7. The molecule has 0 aromatic carbocycles. The monoisotopic (exact) mass is 1010 g/mol. The largest absolute Gasteiger partial charge is 0.466 e. The topological polar surface area (TPSA) is 26.3 Å². The third-order valence-electron chi connectivity index (χ3n) is 16.7. The zero-order valence-electron chi connectivity index (χ0n) is 50.7. The van der Waals surface area contributed by atoms with Gasteiger partial charge in [0, 0.05) is 6.42 Å². The van der Waals surface area contributed by atoms with Crippen LogP contribution >= 0.6 is 0 Å². The Balaban J connectivity index is 3.14. The maximum absolute atomic E-state index is 12.2. The van der Waals surface area contributed by atoms with E-state index in [9.17, 15) is 4.79 Å². The fraction of sp³-hybridized carbons (Fsp3) is 0.986. The van der Waals surface area contributed by atoms with Gasteiger partial charge in [-0.2, -0.15) is 0 Å². The Hall–Kier alpha value is -0.530. The van der Waals surface area contributed by atoms with E-state index >= 15 is 0 Å². The Morgan fingerprint density at radius 2 is 0.306 bits per heavy atom. The Labute approximate surface area is 457 Å². The van der Waals surface area contributed by atoms with Gasteiger partial charge in [-0.25, -0.2) is 0 Å². The van der Waals surface area contributed by atoms with Crippen molar-refractivity contribution in [3.8, 4) is 0 Å². The van der Waals surface area contributed by atoms with Crippen LogP contribution in [0.4, 0.5) is 0 Å². The van der Waals surface area contributed by atoms with Gasteiger partial charge in [-0.1, -0.05) is 418 Å². The molecule has 0 fully saturated rings. The Kier molecular flexibility index (Phi) is 68.0. The molecule has 0 amide bonds. The van der Waals surface area contributed by atoms with Gasteiger partial charge in [0.25, 0.3) is 0 Å². The van der Waals surface area contributed by atoms with Crippen molar-refractivity contribution < 1.29 is 9.53 Å². The summed E-state index contributed by atoms with van der Waals surface area (Å²) >= 11 is 0. The highest BCUT2D eigenvalue weighted by atomic mass is 16.5. The van der Waals surface area contributed by atoms with Crippen LogP contribution in [0.15, 0.2) is 0 Å². The first-order valence-electron chi connectivity index (χ1n) is 35.0. The molecule has 0 atom stereocenters. The maximum Gasteiger partial charge on any atom is 0.305 e. The molecule has 0 heterocycles. The first-order chi connectivity index (χ1) is 35.8. The molecule has 432 valence electrons. The summed E-state index contributed by atoms with van der Waals surface area (Å²) in [7, 11) is 0. The molecule has 0 aliphatic carbocycles. The predicted molar refractivity (Wildman–Crippen MR) is 327 cm³/mol. The lowest BCUT2D eigenvalue weighted by Gasteiger charge is -2.06. The number of unbranched alkanes of at least 4 members (excludes halogenated alkanes) is 63. The molecule has 0 aliphatic heterocycles.